The molecule has 2 aliphatic heterocycles. The van der Waals surface area contributed by atoms with Crippen LogP contribution in [-0.2, 0) is 0 Å². The number of aromatic nitrogens is 3. The van der Waals surface area contributed by atoms with Gasteiger partial charge in [-0.15, -0.1) is 0 Å². The Morgan fingerprint density at radius 2 is 1.91 bits per heavy atom. The van der Waals surface area contributed by atoms with Gasteiger partial charge >= 0.3 is 0 Å². The smallest absolute Gasteiger partial charge is 0.227 e. The van der Waals surface area contributed by atoms with Gasteiger partial charge in [0.15, 0.2) is 5.82 Å². The SMILES string of the molecule is Nc1nc(N2CCC3(CC2)Oc2ccccc2[C@H]3N)cnc1Sc1cccc(-c2ncco2)c1Cl. The van der Waals surface area contributed by atoms with E-state index in [9.17, 15) is 0 Å². The van der Waals surface area contributed by atoms with Gasteiger partial charge in [-0.1, -0.05) is 47.6 Å². The number of nitrogens with two attached hydrogens (primary N) is 2. The second kappa shape index (κ2) is 8.75. The minimum atomic E-state index is -0.375. The normalized spacial score (nSPS) is 18.5. The molecule has 4 heterocycles. The summed E-state index contributed by atoms with van der Waals surface area (Å²) in [5, 5.41) is 1.12. The molecule has 2 aliphatic rings. The molecule has 1 saturated heterocycles. The summed E-state index contributed by atoms with van der Waals surface area (Å²) in [6.45, 7) is 1.51. The molecular formula is C25H23ClN6O2S. The van der Waals surface area contributed by atoms with E-state index in [-0.39, 0.29) is 11.6 Å². The first-order chi connectivity index (χ1) is 17.0. The van der Waals surface area contributed by atoms with E-state index < -0.39 is 0 Å². The number of piperidine rings is 1. The molecule has 0 amide bonds. The van der Waals surface area contributed by atoms with Crippen molar-refractivity contribution in [1.82, 2.24) is 15.0 Å². The number of nitrogen functional groups attached to an aromatic ring is 1. The van der Waals surface area contributed by atoms with Crippen LogP contribution in [0.2, 0.25) is 5.02 Å². The third kappa shape index (κ3) is 3.89. The first-order valence-electron chi connectivity index (χ1n) is 11.3. The second-order valence-corrected chi connectivity index (χ2v) is 10.1. The third-order valence-corrected chi connectivity index (χ3v) is 8.24. The molecule has 4 aromatic rings. The molecule has 178 valence electrons. The molecule has 8 nitrogen and oxygen atoms in total. The average Bonchev–Trinajstić information content (AvgIpc) is 3.50. The zero-order valence-corrected chi connectivity index (χ0v) is 20.3. The van der Waals surface area contributed by atoms with Crippen LogP contribution in [0.5, 0.6) is 5.75 Å². The Hall–Kier alpha value is -3.27. The second-order valence-electron chi connectivity index (χ2n) is 8.64. The van der Waals surface area contributed by atoms with E-state index in [4.69, 9.17) is 32.2 Å². The number of anilines is 2. The number of oxazole rings is 1. The van der Waals surface area contributed by atoms with Crippen LogP contribution in [-0.4, -0.2) is 33.6 Å². The van der Waals surface area contributed by atoms with Crippen LogP contribution >= 0.6 is 23.4 Å². The van der Waals surface area contributed by atoms with E-state index in [1.165, 1.54) is 18.0 Å². The summed E-state index contributed by atoms with van der Waals surface area (Å²) in [6.07, 6.45) is 6.45. The van der Waals surface area contributed by atoms with Crippen molar-refractivity contribution in [3.8, 4) is 17.2 Å². The predicted molar refractivity (Wildman–Crippen MR) is 136 cm³/mol. The van der Waals surface area contributed by atoms with Crippen LogP contribution in [0, 0.1) is 0 Å². The fourth-order valence-corrected chi connectivity index (χ4v) is 5.89. The largest absolute Gasteiger partial charge is 0.485 e. The minimum absolute atomic E-state index is 0.132. The van der Waals surface area contributed by atoms with E-state index in [1.807, 2.05) is 36.4 Å². The molecule has 1 atom stereocenters. The zero-order chi connectivity index (χ0) is 24.0. The highest BCUT2D eigenvalue weighted by atomic mass is 35.5. The monoisotopic (exact) mass is 506 g/mol. The van der Waals surface area contributed by atoms with E-state index >= 15 is 0 Å². The maximum Gasteiger partial charge on any atom is 0.227 e. The maximum absolute atomic E-state index is 6.62. The summed E-state index contributed by atoms with van der Waals surface area (Å²) in [4.78, 5) is 16.4. The van der Waals surface area contributed by atoms with Gasteiger partial charge in [-0.3, -0.25) is 0 Å². The molecule has 1 spiro atoms. The number of ether oxygens (including phenoxy) is 1. The van der Waals surface area contributed by atoms with Gasteiger partial charge in [0.1, 0.15) is 28.5 Å². The Balaban J connectivity index is 1.17. The number of benzene rings is 2. The Morgan fingerprint density at radius 1 is 1.09 bits per heavy atom. The summed E-state index contributed by atoms with van der Waals surface area (Å²) in [7, 11) is 0. The zero-order valence-electron chi connectivity index (χ0n) is 18.7. The predicted octanol–water partition coefficient (Wildman–Crippen LogP) is 4.95. The number of hydrogen-bond donors (Lipinski definition) is 2. The van der Waals surface area contributed by atoms with Gasteiger partial charge in [-0.05, 0) is 18.2 Å². The quantitative estimate of drug-likeness (QED) is 0.396. The number of rotatable bonds is 4. The van der Waals surface area contributed by atoms with E-state index in [0.29, 0.717) is 27.3 Å². The van der Waals surface area contributed by atoms with Crippen molar-refractivity contribution in [3.05, 3.63) is 71.7 Å². The summed E-state index contributed by atoms with van der Waals surface area (Å²) >= 11 is 7.98. The molecule has 4 N–H and O–H groups in total. The van der Waals surface area contributed by atoms with Gasteiger partial charge in [0, 0.05) is 36.4 Å². The summed E-state index contributed by atoms with van der Waals surface area (Å²) in [5.41, 5.74) is 14.3. The summed E-state index contributed by atoms with van der Waals surface area (Å²) in [5.74, 6) is 2.45. The number of para-hydroxylation sites is 1. The lowest BCUT2D eigenvalue weighted by Gasteiger charge is -2.41. The molecule has 0 radical (unpaired) electrons. The molecular weight excluding hydrogens is 484 g/mol. The van der Waals surface area contributed by atoms with Gasteiger partial charge in [0.05, 0.1) is 29.0 Å². The maximum atomic E-state index is 6.62. The Kier molecular flexibility index (Phi) is 5.55. The Labute approximate surface area is 211 Å². The molecule has 10 heteroatoms. The van der Waals surface area contributed by atoms with Crippen LogP contribution in [0.3, 0.4) is 0 Å². The molecule has 0 aliphatic carbocycles. The van der Waals surface area contributed by atoms with Crippen LogP contribution in [0.25, 0.3) is 11.5 Å². The first-order valence-corrected chi connectivity index (χ1v) is 12.5. The minimum Gasteiger partial charge on any atom is -0.485 e. The van der Waals surface area contributed by atoms with Gasteiger partial charge in [0.25, 0.3) is 0 Å². The highest BCUT2D eigenvalue weighted by molar-refractivity contribution is 7.99. The summed E-state index contributed by atoms with van der Waals surface area (Å²) in [6, 6.07) is 13.6. The van der Waals surface area contributed by atoms with Crippen molar-refractivity contribution in [3.63, 3.8) is 0 Å². The van der Waals surface area contributed by atoms with E-state index in [1.54, 1.807) is 12.4 Å². The standard InChI is InChI=1S/C25H23ClN6O2S/c26-20-16(23-29-10-13-33-23)5-3-7-18(20)35-24-22(28)31-19(14-30-24)32-11-8-25(9-12-32)21(27)15-4-1-2-6-17(15)34-25/h1-7,10,13-14,21H,8-9,11-12,27H2,(H2,28,31)/t21-/m1/s1. The number of hydrogen-bond acceptors (Lipinski definition) is 9. The van der Waals surface area contributed by atoms with Crippen molar-refractivity contribution in [2.24, 2.45) is 5.73 Å². The molecule has 2 aromatic heterocycles. The van der Waals surface area contributed by atoms with E-state index in [2.05, 4.69) is 25.9 Å². The lowest BCUT2D eigenvalue weighted by atomic mass is 9.83. The van der Waals surface area contributed by atoms with Gasteiger partial charge in [0.2, 0.25) is 5.89 Å². The van der Waals surface area contributed by atoms with E-state index in [0.717, 1.165) is 48.0 Å². The first kappa shape index (κ1) is 22.2. The van der Waals surface area contributed by atoms with Crippen molar-refractivity contribution >= 4 is 35.0 Å². The van der Waals surface area contributed by atoms with Crippen molar-refractivity contribution in [2.75, 3.05) is 23.7 Å². The Morgan fingerprint density at radius 3 is 2.66 bits per heavy atom. The summed E-state index contributed by atoms with van der Waals surface area (Å²) < 4.78 is 11.7. The molecule has 6 rings (SSSR count). The third-order valence-electron chi connectivity index (χ3n) is 6.65. The van der Waals surface area contributed by atoms with Crippen molar-refractivity contribution in [2.45, 2.75) is 34.4 Å². The lowest BCUT2D eigenvalue weighted by Crippen LogP contribution is -2.51. The highest BCUT2D eigenvalue weighted by Gasteiger charge is 2.48. The topological polar surface area (TPSA) is 116 Å². The number of nitrogens with zero attached hydrogens (tertiary/aromatic N) is 4. The van der Waals surface area contributed by atoms with Crippen LogP contribution in [0.4, 0.5) is 11.6 Å². The van der Waals surface area contributed by atoms with Crippen LogP contribution in [0.15, 0.2) is 75.5 Å². The van der Waals surface area contributed by atoms with Crippen LogP contribution < -0.4 is 21.1 Å². The van der Waals surface area contributed by atoms with Crippen molar-refractivity contribution < 1.29 is 9.15 Å². The number of halogens is 1. The van der Waals surface area contributed by atoms with Crippen LogP contribution in [0.1, 0.15) is 24.4 Å². The van der Waals surface area contributed by atoms with Crippen molar-refractivity contribution in [1.29, 1.82) is 0 Å². The van der Waals surface area contributed by atoms with Gasteiger partial charge in [-0.2, -0.15) is 0 Å². The van der Waals surface area contributed by atoms with Gasteiger partial charge < -0.3 is 25.5 Å². The molecule has 0 saturated carbocycles. The average molecular weight is 507 g/mol. The number of fused-ring (bicyclic) bond motifs is 1. The Bertz CT molecular complexity index is 1370. The molecule has 0 bridgehead atoms. The van der Waals surface area contributed by atoms with Gasteiger partial charge in [-0.25, -0.2) is 15.0 Å². The molecule has 1 fully saturated rings. The molecule has 0 unspecified atom stereocenters. The molecule has 35 heavy (non-hydrogen) atoms. The fourth-order valence-electron chi connectivity index (χ4n) is 4.75. The highest BCUT2D eigenvalue weighted by Crippen LogP contribution is 2.47. The lowest BCUT2D eigenvalue weighted by molar-refractivity contribution is 0.0431. The molecule has 2 aromatic carbocycles. The fraction of sp³-hybridized carbons (Fsp3) is 0.240.